The molecular weight excluding hydrogens is 219 g/mol. The van der Waals surface area contributed by atoms with E-state index >= 15 is 0 Å². The van der Waals surface area contributed by atoms with Crippen molar-refractivity contribution in [2.24, 2.45) is 0 Å². The fourth-order valence-corrected chi connectivity index (χ4v) is 1.54. The van der Waals surface area contributed by atoms with Crippen molar-refractivity contribution in [3.8, 4) is 0 Å². The van der Waals surface area contributed by atoms with E-state index in [4.69, 9.17) is 5.73 Å². The molecule has 2 N–H and O–H groups in total. The summed E-state index contributed by atoms with van der Waals surface area (Å²) in [7, 11) is 1.86. The van der Waals surface area contributed by atoms with E-state index in [-0.39, 0.29) is 5.82 Å². The topological polar surface area (TPSA) is 55.0 Å². The second-order valence-corrected chi connectivity index (χ2v) is 3.79. The molecule has 1 aromatic heterocycles. The average molecular weight is 232 g/mol. The van der Waals surface area contributed by atoms with E-state index in [1.165, 1.54) is 18.3 Å². The van der Waals surface area contributed by atoms with Gasteiger partial charge >= 0.3 is 0 Å². The van der Waals surface area contributed by atoms with Crippen molar-refractivity contribution in [2.45, 2.75) is 6.54 Å². The first kappa shape index (κ1) is 11.3. The molecule has 0 aliphatic rings. The molecular formula is C12H13FN4. The van der Waals surface area contributed by atoms with Crippen molar-refractivity contribution >= 4 is 11.6 Å². The van der Waals surface area contributed by atoms with Crippen molar-refractivity contribution in [1.29, 1.82) is 0 Å². The van der Waals surface area contributed by atoms with Gasteiger partial charge in [0.2, 0.25) is 0 Å². The maximum absolute atomic E-state index is 13.0. The third kappa shape index (κ3) is 2.90. The van der Waals surface area contributed by atoms with Crippen LogP contribution in [0.15, 0.2) is 36.7 Å². The molecule has 0 saturated carbocycles. The predicted molar refractivity (Wildman–Crippen MR) is 65.0 cm³/mol. The summed E-state index contributed by atoms with van der Waals surface area (Å²) in [5.41, 5.74) is 6.43. The van der Waals surface area contributed by atoms with E-state index in [2.05, 4.69) is 9.97 Å². The molecule has 0 aliphatic carbocycles. The van der Waals surface area contributed by atoms with Gasteiger partial charge in [-0.3, -0.25) is 4.98 Å². The van der Waals surface area contributed by atoms with Crippen molar-refractivity contribution in [3.05, 3.63) is 48.0 Å². The highest BCUT2D eigenvalue weighted by Crippen LogP contribution is 2.13. The summed E-state index contributed by atoms with van der Waals surface area (Å²) in [4.78, 5) is 9.96. The molecule has 0 aliphatic heterocycles. The third-order valence-corrected chi connectivity index (χ3v) is 2.34. The van der Waals surface area contributed by atoms with Crippen molar-refractivity contribution in [1.82, 2.24) is 9.97 Å². The Labute approximate surface area is 98.9 Å². The minimum Gasteiger partial charge on any atom is -0.382 e. The molecule has 0 radical (unpaired) electrons. The summed E-state index contributed by atoms with van der Waals surface area (Å²) in [5.74, 6) is 0.789. The smallest absolute Gasteiger partial charge is 0.149 e. The molecule has 2 rings (SSSR count). The minimum atomic E-state index is -0.241. The number of hydrogen-bond acceptors (Lipinski definition) is 4. The second kappa shape index (κ2) is 4.78. The molecule has 5 heteroatoms. The quantitative estimate of drug-likeness (QED) is 0.877. The number of aromatic nitrogens is 2. The maximum atomic E-state index is 13.0. The highest BCUT2D eigenvalue weighted by atomic mass is 19.1. The van der Waals surface area contributed by atoms with Crippen molar-refractivity contribution < 1.29 is 4.39 Å². The number of nitrogens with zero attached hydrogens (tertiary/aromatic N) is 3. The molecule has 0 bridgehead atoms. The van der Waals surface area contributed by atoms with Crippen LogP contribution in [0.2, 0.25) is 0 Å². The van der Waals surface area contributed by atoms with Gasteiger partial charge in [0.25, 0.3) is 0 Å². The number of halogens is 1. The summed E-state index contributed by atoms with van der Waals surface area (Å²) in [6, 6.07) is 6.46. The van der Waals surface area contributed by atoms with Gasteiger partial charge in [-0.1, -0.05) is 12.1 Å². The van der Waals surface area contributed by atoms with Gasteiger partial charge in [0.15, 0.2) is 0 Å². The molecule has 0 amide bonds. The van der Waals surface area contributed by atoms with E-state index in [9.17, 15) is 4.39 Å². The molecule has 4 nitrogen and oxygen atoms in total. The van der Waals surface area contributed by atoms with Gasteiger partial charge in [0, 0.05) is 13.6 Å². The van der Waals surface area contributed by atoms with Crippen LogP contribution < -0.4 is 10.6 Å². The van der Waals surface area contributed by atoms with Gasteiger partial charge in [-0.05, 0) is 17.7 Å². The lowest BCUT2D eigenvalue weighted by Gasteiger charge is -2.17. The molecule has 0 atom stereocenters. The summed E-state index contributed by atoms with van der Waals surface area (Å²) in [6.45, 7) is 0.551. The van der Waals surface area contributed by atoms with Gasteiger partial charge < -0.3 is 10.6 Å². The van der Waals surface area contributed by atoms with Crippen LogP contribution in [0.25, 0.3) is 0 Å². The van der Waals surface area contributed by atoms with Gasteiger partial charge in [-0.2, -0.15) is 0 Å². The Morgan fingerprint density at radius 1 is 1.35 bits per heavy atom. The summed E-state index contributed by atoms with van der Waals surface area (Å²) in [5, 5.41) is 0. The highest BCUT2D eigenvalue weighted by molar-refractivity contribution is 5.41. The standard InChI is InChI=1S/C12H13FN4/c1-17(12-7-15-6-11(14)16-12)8-9-3-2-4-10(13)5-9/h2-7H,8H2,1H3,(H2,14,16). The molecule has 0 saturated heterocycles. The summed E-state index contributed by atoms with van der Waals surface area (Å²) < 4.78 is 13.0. The van der Waals surface area contributed by atoms with E-state index in [0.29, 0.717) is 18.2 Å². The van der Waals surface area contributed by atoms with E-state index < -0.39 is 0 Å². The van der Waals surface area contributed by atoms with Gasteiger partial charge in [-0.25, -0.2) is 9.37 Å². The zero-order valence-electron chi connectivity index (χ0n) is 9.47. The number of rotatable bonds is 3. The fraction of sp³-hybridized carbons (Fsp3) is 0.167. The lowest BCUT2D eigenvalue weighted by atomic mass is 10.2. The summed E-state index contributed by atoms with van der Waals surface area (Å²) >= 11 is 0. The van der Waals surface area contributed by atoms with E-state index in [0.717, 1.165) is 5.56 Å². The van der Waals surface area contributed by atoms with Crippen LogP contribution in [-0.2, 0) is 6.54 Å². The SMILES string of the molecule is CN(Cc1cccc(F)c1)c1cncc(N)n1. The Bertz CT molecular complexity index is 515. The van der Waals surface area contributed by atoms with Crippen LogP contribution in [0.5, 0.6) is 0 Å². The molecule has 0 unspecified atom stereocenters. The Morgan fingerprint density at radius 2 is 2.18 bits per heavy atom. The van der Waals surface area contributed by atoms with Gasteiger partial charge in [0.05, 0.1) is 12.4 Å². The normalized spacial score (nSPS) is 10.2. The predicted octanol–water partition coefficient (Wildman–Crippen LogP) is 1.83. The highest BCUT2D eigenvalue weighted by Gasteiger charge is 2.05. The maximum Gasteiger partial charge on any atom is 0.149 e. The first-order valence-corrected chi connectivity index (χ1v) is 5.18. The lowest BCUT2D eigenvalue weighted by Crippen LogP contribution is -2.18. The van der Waals surface area contributed by atoms with Crippen LogP contribution in [-0.4, -0.2) is 17.0 Å². The molecule has 0 spiro atoms. The first-order chi connectivity index (χ1) is 8.15. The van der Waals surface area contributed by atoms with Crippen LogP contribution >= 0.6 is 0 Å². The van der Waals surface area contributed by atoms with Crippen LogP contribution in [0, 0.1) is 5.82 Å². The Kier molecular flexibility index (Phi) is 3.18. The minimum absolute atomic E-state index is 0.241. The molecule has 88 valence electrons. The van der Waals surface area contributed by atoms with E-state index in [1.807, 2.05) is 18.0 Å². The van der Waals surface area contributed by atoms with Crippen LogP contribution in [0.4, 0.5) is 16.0 Å². The lowest BCUT2D eigenvalue weighted by molar-refractivity contribution is 0.625. The fourth-order valence-electron chi connectivity index (χ4n) is 1.54. The molecule has 1 heterocycles. The first-order valence-electron chi connectivity index (χ1n) is 5.18. The van der Waals surface area contributed by atoms with Crippen molar-refractivity contribution in [3.63, 3.8) is 0 Å². The number of hydrogen-bond donors (Lipinski definition) is 1. The van der Waals surface area contributed by atoms with Crippen LogP contribution in [0.1, 0.15) is 5.56 Å². The average Bonchev–Trinajstić information content (AvgIpc) is 2.29. The Morgan fingerprint density at radius 3 is 2.88 bits per heavy atom. The van der Waals surface area contributed by atoms with Crippen molar-refractivity contribution in [2.75, 3.05) is 17.7 Å². The second-order valence-electron chi connectivity index (χ2n) is 3.79. The molecule has 2 aromatic rings. The van der Waals surface area contributed by atoms with E-state index in [1.54, 1.807) is 12.3 Å². The van der Waals surface area contributed by atoms with Crippen LogP contribution in [0.3, 0.4) is 0 Å². The molecule has 1 aromatic carbocycles. The number of benzene rings is 1. The van der Waals surface area contributed by atoms with Gasteiger partial charge in [-0.15, -0.1) is 0 Å². The van der Waals surface area contributed by atoms with Gasteiger partial charge in [0.1, 0.15) is 17.5 Å². The third-order valence-electron chi connectivity index (χ3n) is 2.34. The number of nitrogen functional groups attached to an aromatic ring is 1. The Hall–Kier alpha value is -2.17. The molecule has 17 heavy (non-hydrogen) atoms. The largest absolute Gasteiger partial charge is 0.382 e. The monoisotopic (exact) mass is 232 g/mol. The number of nitrogens with two attached hydrogens (primary N) is 1. The zero-order chi connectivity index (χ0) is 12.3. The molecule has 0 fully saturated rings. The number of anilines is 2. The Balaban J connectivity index is 2.14. The zero-order valence-corrected chi connectivity index (χ0v) is 9.47. The summed E-state index contributed by atoms with van der Waals surface area (Å²) in [6.07, 6.45) is 3.11.